The van der Waals surface area contributed by atoms with Crippen molar-refractivity contribution in [1.82, 2.24) is 14.6 Å². The lowest BCUT2D eigenvalue weighted by Crippen LogP contribution is -2.11. The second-order valence-corrected chi connectivity index (χ2v) is 9.79. The molecule has 0 unspecified atom stereocenters. The lowest BCUT2D eigenvalue weighted by molar-refractivity contribution is 0.298. The summed E-state index contributed by atoms with van der Waals surface area (Å²) in [7, 11) is -3.91. The average molecular weight is 470 g/mol. The number of aromatic nitrogens is 2. The van der Waals surface area contributed by atoms with E-state index in [-0.39, 0.29) is 16.7 Å². The lowest BCUT2D eigenvalue weighted by Gasteiger charge is -2.10. The topological polar surface area (TPSA) is 85.5 Å². The number of benzene rings is 3. The second kappa shape index (κ2) is 8.20. The largest absolute Gasteiger partial charge is 0.379 e. The van der Waals surface area contributed by atoms with E-state index >= 15 is 0 Å². The van der Waals surface area contributed by atoms with E-state index in [1.165, 1.54) is 12.1 Å². The third kappa shape index (κ3) is 4.09. The molecule has 7 nitrogen and oxygen atoms in total. The van der Waals surface area contributed by atoms with Crippen molar-refractivity contribution < 1.29 is 17.1 Å². The molecule has 164 valence electrons. The molecule has 0 N–H and O–H groups in total. The summed E-state index contributed by atoms with van der Waals surface area (Å²) in [5.74, 6) is 1.25. The Balaban J connectivity index is 1.39. The molecule has 5 rings (SSSR count). The number of fused-ring (bicyclic) bond motifs is 1. The Morgan fingerprint density at radius 1 is 1.06 bits per heavy atom. The molecule has 0 spiro atoms. The van der Waals surface area contributed by atoms with Gasteiger partial charge in [-0.3, -0.25) is 0 Å². The fraction of sp³-hybridized carbons (Fsp3) is 0.217. The van der Waals surface area contributed by atoms with Crippen LogP contribution in [0.5, 0.6) is 5.75 Å². The maximum Gasteiger partial charge on any atom is 0.339 e. The van der Waals surface area contributed by atoms with Gasteiger partial charge in [-0.1, -0.05) is 41.1 Å². The highest BCUT2D eigenvalue weighted by molar-refractivity contribution is 7.87. The van der Waals surface area contributed by atoms with E-state index in [0.717, 1.165) is 41.3 Å². The van der Waals surface area contributed by atoms with Crippen molar-refractivity contribution in [3.8, 4) is 17.1 Å². The molecular formula is C23H20ClN3O4S. The molecule has 3 aromatic carbocycles. The van der Waals surface area contributed by atoms with E-state index in [0.29, 0.717) is 11.7 Å². The molecule has 1 aliphatic heterocycles. The van der Waals surface area contributed by atoms with Gasteiger partial charge in [0.1, 0.15) is 16.7 Å². The third-order valence-corrected chi connectivity index (χ3v) is 7.17. The molecule has 1 saturated heterocycles. The first kappa shape index (κ1) is 20.9. The van der Waals surface area contributed by atoms with Crippen molar-refractivity contribution in [3.63, 3.8) is 0 Å². The summed E-state index contributed by atoms with van der Waals surface area (Å²) in [5, 5.41) is 5.83. The molecule has 0 saturated carbocycles. The minimum absolute atomic E-state index is 0.0615. The van der Waals surface area contributed by atoms with Gasteiger partial charge in [-0.05, 0) is 72.6 Å². The summed E-state index contributed by atoms with van der Waals surface area (Å²) in [6.45, 7) is 2.69. The van der Waals surface area contributed by atoms with Crippen LogP contribution in [0.4, 0.5) is 0 Å². The summed E-state index contributed by atoms with van der Waals surface area (Å²) in [4.78, 5) is 4.63. The van der Waals surface area contributed by atoms with Crippen molar-refractivity contribution >= 4 is 32.7 Å². The minimum atomic E-state index is -3.91. The first-order valence-electron chi connectivity index (χ1n) is 10.2. The summed E-state index contributed by atoms with van der Waals surface area (Å²) in [6.07, 6.45) is 1.88. The highest BCUT2D eigenvalue weighted by atomic mass is 35.5. The molecule has 2 heterocycles. The molecule has 0 radical (unpaired) electrons. The van der Waals surface area contributed by atoms with E-state index in [9.17, 15) is 8.42 Å². The molecule has 0 amide bonds. The molecule has 1 aliphatic rings. The van der Waals surface area contributed by atoms with Crippen molar-refractivity contribution in [1.29, 1.82) is 0 Å². The zero-order chi connectivity index (χ0) is 22.3. The highest BCUT2D eigenvalue weighted by Crippen LogP contribution is 2.34. The Morgan fingerprint density at radius 2 is 1.81 bits per heavy atom. The van der Waals surface area contributed by atoms with Gasteiger partial charge in [0.15, 0.2) is 0 Å². The van der Waals surface area contributed by atoms with Crippen LogP contribution < -0.4 is 4.18 Å². The number of nitrogens with zero attached hydrogens (tertiary/aromatic N) is 3. The third-order valence-electron chi connectivity index (χ3n) is 5.50. The van der Waals surface area contributed by atoms with Crippen LogP contribution in [0.3, 0.4) is 0 Å². The van der Waals surface area contributed by atoms with Crippen LogP contribution in [0.1, 0.15) is 30.3 Å². The normalized spacial score (nSPS) is 17.1. The minimum Gasteiger partial charge on any atom is -0.379 e. The number of halogens is 1. The number of hydrogen-bond acceptors (Lipinski definition) is 7. The Labute approximate surface area is 190 Å². The second-order valence-electron chi connectivity index (χ2n) is 7.81. The highest BCUT2D eigenvalue weighted by Gasteiger charge is 2.29. The van der Waals surface area contributed by atoms with E-state index in [2.05, 4.69) is 10.1 Å². The van der Waals surface area contributed by atoms with Crippen LogP contribution in [0.2, 0.25) is 0 Å². The van der Waals surface area contributed by atoms with Crippen LogP contribution in [0.15, 0.2) is 70.1 Å². The van der Waals surface area contributed by atoms with E-state index in [4.69, 9.17) is 20.5 Å². The Kier molecular flexibility index (Phi) is 5.36. The van der Waals surface area contributed by atoms with Crippen LogP contribution >= 0.6 is 11.8 Å². The van der Waals surface area contributed by atoms with Crippen molar-refractivity contribution in [2.24, 2.45) is 0 Å². The fourth-order valence-electron chi connectivity index (χ4n) is 3.76. The van der Waals surface area contributed by atoms with E-state index in [1.54, 1.807) is 34.8 Å². The summed E-state index contributed by atoms with van der Waals surface area (Å²) >= 11 is 6.20. The first-order valence-corrected chi connectivity index (χ1v) is 11.9. The van der Waals surface area contributed by atoms with Gasteiger partial charge in [-0.2, -0.15) is 13.4 Å². The van der Waals surface area contributed by atoms with Gasteiger partial charge in [0.05, 0.1) is 0 Å². The smallest absolute Gasteiger partial charge is 0.339 e. The number of aryl methyl sites for hydroxylation is 1. The summed E-state index contributed by atoms with van der Waals surface area (Å²) in [5.41, 5.74) is 1.77. The predicted molar refractivity (Wildman–Crippen MR) is 121 cm³/mol. The van der Waals surface area contributed by atoms with Crippen LogP contribution in [-0.4, -0.2) is 29.5 Å². The van der Waals surface area contributed by atoms with Crippen molar-refractivity contribution in [3.05, 3.63) is 72.1 Å². The quantitative estimate of drug-likeness (QED) is 0.291. The average Bonchev–Trinajstić information content (AvgIpc) is 3.42. The monoisotopic (exact) mass is 469 g/mol. The molecule has 1 atom stereocenters. The fourth-order valence-corrected chi connectivity index (χ4v) is 4.98. The maximum absolute atomic E-state index is 12.6. The van der Waals surface area contributed by atoms with Gasteiger partial charge in [0, 0.05) is 12.1 Å². The summed E-state index contributed by atoms with van der Waals surface area (Å²) < 4.78 is 37.6. The molecule has 1 fully saturated rings. The molecule has 4 aromatic rings. The van der Waals surface area contributed by atoms with Crippen LogP contribution in [0.25, 0.3) is 22.2 Å². The zero-order valence-corrected chi connectivity index (χ0v) is 18.8. The Morgan fingerprint density at radius 3 is 2.56 bits per heavy atom. The lowest BCUT2D eigenvalue weighted by atomic mass is 10.1. The SMILES string of the molecule is Cc1ccc(S(=O)(=O)Oc2ccc3cc(-c4noc([C@@H]5CCCN5Cl)n4)ccc3c2)cc1. The van der Waals surface area contributed by atoms with Gasteiger partial charge in [0.2, 0.25) is 11.7 Å². The van der Waals surface area contributed by atoms with Crippen LogP contribution in [0, 0.1) is 6.92 Å². The molecule has 1 aromatic heterocycles. The van der Waals surface area contributed by atoms with E-state index in [1.807, 2.05) is 25.1 Å². The van der Waals surface area contributed by atoms with Crippen molar-refractivity contribution in [2.75, 3.05) is 6.54 Å². The van der Waals surface area contributed by atoms with Gasteiger partial charge in [-0.15, -0.1) is 0 Å². The Hall–Kier alpha value is -2.94. The Bertz CT molecular complexity index is 1390. The van der Waals surface area contributed by atoms with Crippen LogP contribution in [-0.2, 0) is 10.1 Å². The summed E-state index contributed by atoms with van der Waals surface area (Å²) in [6, 6.07) is 17.3. The zero-order valence-electron chi connectivity index (χ0n) is 17.2. The maximum atomic E-state index is 12.6. The first-order chi connectivity index (χ1) is 15.4. The van der Waals surface area contributed by atoms with Gasteiger partial charge in [0.25, 0.3) is 0 Å². The molecule has 0 bridgehead atoms. The molecular weight excluding hydrogens is 450 g/mol. The van der Waals surface area contributed by atoms with Gasteiger partial charge in [-0.25, -0.2) is 4.42 Å². The standard InChI is InChI=1S/C23H20ClN3O4S/c1-15-4-10-20(11-5-15)32(28,29)31-19-9-8-16-13-18(7-6-17(16)14-19)22-25-23(30-26-22)21-3-2-12-27(21)24/h4-11,13-14,21H,2-3,12H2,1H3/t21-/m0/s1. The molecule has 0 aliphatic carbocycles. The van der Waals surface area contributed by atoms with Crippen molar-refractivity contribution in [2.45, 2.75) is 30.7 Å². The number of hydrogen-bond donors (Lipinski definition) is 0. The van der Waals surface area contributed by atoms with E-state index < -0.39 is 10.1 Å². The van der Waals surface area contributed by atoms with Gasteiger partial charge >= 0.3 is 10.1 Å². The molecule has 32 heavy (non-hydrogen) atoms. The number of rotatable bonds is 5. The predicted octanol–water partition coefficient (Wildman–Crippen LogP) is 5.26. The molecule has 9 heteroatoms. The van der Waals surface area contributed by atoms with Gasteiger partial charge < -0.3 is 8.71 Å².